The molecule has 0 radical (unpaired) electrons. The Kier molecular flexibility index (Phi) is 2.75. The summed E-state index contributed by atoms with van der Waals surface area (Å²) in [6, 6.07) is 2.91. The van der Waals surface area contributed by atoms with E-state index in [-0.39, 0.29) is 10.7 Å². The van der Waals surface area contributed by atoms with Crippen LogP contribution in [0.25, 0.3) is 11.4 Å². The maximum Gasteiger partial charge on any atom is 0.152 e. The number of pyridine rings is 1. The summed E-state index contributed by atoms with van der Waals surface area (Å²) in [7, 11) is 1.75. The van der Waals surface area contributed by atoms with Crippen LogP contribution in [-0.4, -0.2) is 14.8 Å². The summed E-state index contributed by atoms with van der Waals surface area (Å²) in [5.74, 6) is -0.479. The number of rotatable bonds is 1. The summed E-state index contributed by atoms with van der Waals surface area (Å²) in [5.41, 5.74) is 0.666. The van der Waals surface area contributed by atoms with Crippen LogP contribution in [0.5, 0.6) is 0 Å². The third kappa shape index (κ3) is 2.03. The summed E-state index contributed by atoms with van der Waals surface area (Å²) < 4.78 is 15.8. The van der Waals surface area contributed by atoms with Crippen LogP contribution in [0, 0.1) is 5.82 Å². The topological polar surface area (TPSA) is 30.7 Å². The molecule has 0 unspecified atom stereocenters. The van der Waals surface area contributed by atoms with Gasteiger partial charge in [-0.15, -0.1) is 0 Å². The summed E-state index contributed by atoms with van der Waals surface area (Å²) in [4.78, 5) is 3.90. The van der Waals surface area contributed by atoms with Gasteiger partial charge in [-0.1, -0.05) is 11.6 Å². The van der Waals surface area contributed by atoms with Crippen molar-refractivity contribution in [3.05, 3.63) is 33.8 Å². The Morgan fingerprint density at radius 2 is 2.20 bits per heavy atom. The van der Waals surface area contributed by atoms with Crippen molar-refractivity contribution in [3.8, 4) is 11.4 Å². The van der Waals surface area contributed by atoms with Gasteiger partial charge in [-0.3, -0.25) is 4.68 Å². The summed E-state index contributed by atoms with van der Waals surface area (Å²) >= 11 is 8.88. The minimum Gasteiger partial charge on any atom is -0.261 e. The molecule has 0 aromatic carbocycles. The van der Waals surface area contributed by atoms with E-state index >= 15 is 0 Å². The van der Waals surface area contributed by atoms with Crippen molar-refractivity contribution in [1.82, 2.24) is 14.8 Å². The van der Waals surface area contributed by atoms with E-state index in [1.807, 2.05) is 0 Å². The van der Waals surface area contributed by atoms with Crippen molar-refractivity contribution in [3.63, 3.8) is 0 Å². The average molecular weight is 291 g/mol. The van der Waals surface area contributed by atoms with Crippen molar-refractivity contribution in [2.75, 3.05) is 0 Å². The Morgan fingerprint density at radius 3 is 2.73 bits per heavy atom. The maximum atomic E-state index is 13.5. The second-order valence-electron chi connectivity index (χ2n) is 2.96. The molecule has 3 nitrogen and oxygen atoms in total. The molecule has 0 aliphatic rings. The molecule has 2 rings (SSSR count). The number of aryl methyl sites for hydroxylation is 1. The van der Waals surface area contributed by atoms with Gasteiger partial charge >= 0.3 is 0 Å². The van der Waals surface area contributed by atoms with Gasteiger partial charge in [0, 0.05) is 19.3 Å². The first kappa shape index (κ1) is 10.6. The molecule has 0 atom stereocenters. The van der Waals surface area contributed by atoms with Crippen LogP contribution in [0.15, 0.2) is 22.9 Å². The summed E-state index contributed by atoms with van der Waals surface area (Å²) in [6.07, 6.45) is 1.39. The molecule has 15 heavy (non-hydrogen) atoms. The van der Waals surface area contributed by atoms with Gasteiger partial charge in [0.25, 0.3) is 0 Å². The van der Waals surface area contributed by atoms with E-state index in [2.05, 4.69) is 26.0 Å². The predicted octanol–water partition coefficient (Wildman–Crippen LogP) is 3.04. The van der Waals surface area contributed by atoms with Gasteiger partial charge in [0.15, 0.2) is 5.82 Å². The molecule has 0 saturated carbocycles. The zero-order valence-electron chi connectivity index (χ0n) is 7.71. The SMILES string of the molecule is Cn1nc(-c2ncc(Cl)cc2F)cc1Br. The predicted molar refractivity (Wildman–Crippen MR) is 59.1 cm³/mol. The van der Waals surface area contributed by atoms with E-state index in [0.29, 0.717) is 5.69 Å². The molecule has 0 aliphatic heterocycles. The van der Waals surface area contributed by atoms with Gasteiger partial charge in [-0.05, 0) is 22.0 Å². The lowest BCUT2D eigenvalue weighted by Crippen LogP contribution is -1.93. The Morgan fingerprint density at radius 1 is 1.47 bits per heavy atom. The van der Waals surface area contributed by atoms with E-state index < -0.39 is 5.82 Å². The number of halogens is 3. The van der Waals surface area contributed by atoms with Crippen LogP contribution in [0.3, 0.4) is 0 Å². The van der Waals surface area contributed by atoms with Crippen molar-refractivity contribution in [1.29, 1.82) is 0 Å². The van der Waals surface area contributed by atoms with Crippen molar-refractivity contribution < 1.29 is 4.39 Å². The van der Waals surface area contributed by atoms with Gasteiger partial charge in [0.2, 0.25) is 0 Å². The van der Waals surface area contributed by atoms with Crippen LogP contribution in [0.2, 0.25) is 5.02 Å². The second-order valence-corrected chi connectivity index (χ2v) is 4.21. The second kappa shape index (κ2) is 3.90. The fourth-order valence-corrected chi connectivity index (χ4v) is 1.60. The molecular weight excluding hydrogens is 284 g/mol. The fraction of sp³-hybridized carbons (Fsp3) is 0.111. The number of hydrogen-bond acceptors (Lipinski definition) is 2. The lowest BCUT2D eigenvalue weighted by molar-refractivity contribution is 0.624. The number of hydrogen-bond donors (Lipinski definition) is 0. The first-order chi connectivity index (χ1) is 7.08. The quantitative estimate of drug-likeness (QED) is 0.808. The van der Waals surface area contributed by atoms with Crippen LogP contribution in [0.4, 0.5) is 4.39 Å². The van der Waals surface area contributed by atoms with Crippen LogP contribution in [0.1, 0.15) is 0 Å². The Hall–Kier alpha value is -0.940. The zero-order chi connectivity index (χ0) is 11.0. The van der Waals surface area contributed by atoms with Gasteiger partial charge in [0.05, 0.1) is 5.02 Å². The van der Waals surface area contributed by atoms with E-state index in [1.165, 1.54) is 12.3 Å². The first-order valence-electron chi connectivity index (χ1n) is 4.09. The normalized spacial score (nSPS) is 10.7. The molecule has 2 aromatic heterocycles. The van der Waals surface area contributed by atoms with E-state index in [1.54, 1.807) is 17.8 Å². The fourth-order valence-electron chi connectivity index (χ4n) is 1.16. The van der Waals surface area contributed by atoms with E-state index in [9.17, 15) is 4.39 Å². The number of nitrogens with zero attached hydrogens (tertiary/aromatic N) is 3. The van der Waals surface area contributed by atoms with Gasteiger partial charge in [-0.25, -0.2) is 9.37 Å². The smallest absolute Gasteiger partial charge is 0.152 e. The zero-order valence-corrected chi connectivity index (χ0v) is 10.0. The third-order valence-electron chi connectivity index (χ3n) is 1.87. The van der Waals surface area contributed by atoms with Gasteiger partial charge in [0.1, 0.15) is 16.0 Å². The molecule has 0 bridgehead atoms. The summed E-state index contributed by atoms with van der Waals surface area (Å²) in [6.45, 7) is 0. The molecule has 0 N–H and O–H groups in total. The molecular formula is C9H6BrClFN3. The minimum atomic E-state index is -0.479. The van der Waals surface area contributed by atoms with Crippen molar-refractivity contribution >= 4 is 27.5 Å². The van der Waals surface area contributed by atoms with Crippen LogP contribution in [-0.2, 0) is 7.05 Å². The molecule has 6 heteroatoms. The molecule has 0 aliphatic carbocycles. The minimum absolute atomic E-state index is 0.195. The molecule has 0 spiro atoms. The highest BCUT2D eigenvalue weighted by molar-refractivity contribution is 9.10. The lowest BCUT2D eigenvalue weighted by atomic mass is 10.2. The molecule has 2 aromatic rings. The first-order valence-corrected chi connectivity index (χ1v) is 5.26. The Labute approximate surface area is 99.0 Å². The summed E-state index contributed by atoms with van der Waals surface area (Å²) in [5, 5.41) is 4.36. The van der Waals surface area contributed by atoms with Gasteiger partial charge < -0.3 is 0 Å². The molecule has 0 fully saturated rings. The Balaban J connectivity index is 2.54. The molecule has 0 amide bonds. The molecule has 78 valence electrons. The van der Waals surface area contributed by atoms with Gasteiger partial charge in [-0.2, -0.15) is 5.10 Å². The average Bonchev–Trinajstić information content (AvgIpc) is 2.46. The van der Waals surface area contributed by atoms with Crippen LogP contribution < -0.4 is 0 Å². The largest absolute Gasteiger partial charge is 0.261 e. The molecule has 0 saturated heterocycles. The molecule has 2 heterocycles. The Bertz CT molecular complexity index is 493. The van der Waals surface area contributed by atoms with Crippen LogP contribution >= 0.6 is 27.5 Å². The number of aromatic nitrogens is 3. The van der Waals surface area contributed by atoms with E-state index in [0.717, 1.165) is 4.60 Å². The van der Waals surface area contributed by atoms with Crippen molar-refractivity contribution in [2.45, 2.75) is 0 Å². The lowest BCUT2D eigenvalue weighted by Gasteiger charge is -1.97. The highest BCUT2D eigenvalue weighted by Gasteiger charge is 2.11. The van der Waals surface area contributed by atoms with E-state index in [4.69, 9.17) is 11.6 Å². The monoisotopic (exact) mass is 289 g/mol. The maximum absolute atomic E-state index is 13.5. The van der Waals surface area contributed by atoms with Crippen molar-refractivity contribution in [2.24, 2.45) is 7.05 Å². The highest BCUT2D eigenvalue weighted by Crippen LogP contribution is 2.23. The highest BCUT2D eigenvalue weighted by atomic mass is 79.9. The third-order valence-corrected chi connectivity index (χ3v) is 2.82. The standard InChI is InChI=1S/C9H6BrClFN3/c1-15-8(10)3-7(14-15)9-6(12)2-5(11)4-13-9/h2-4H,1H3.